The second-order valence-electron chi connectivity index (χ2n) is 25.1. The van der Waals surface area contributed by atoms with E-state index in [-0.39, 0.29) is 16.2 Å². The van der Waals surface area contributed by atoms with Crippen molar-refractivity contribution in [2.75, 3.05) is 4.90 Å². The fourth-order valence-corrected chi connectivity index (χ4v) is 19.1. The van der Waals surface area contributed by atoms with Crippen molar-refractivity contribution in [2.24, 2.45) is 5.92 Å². The van der Waals surface area contributed by atoms with E-state index in [0.717, 1.165) is 23.5 Å². The monoisotopic (exact) mass is 1050 g/mol. The Labute approximate surface area is 481 Å². The van der Waals surface area contributed by atoms with Crippen molar-refractivity contribution in [2.45, 2.75) is 78.9 Å². The summed E-state index contributed by atoms with van der Waals surface area (Å²) in [6.07, 6.45) is 8.30. The molecule has 1 heterocycles. The van der Waals surface area contributed by atoms with Gasteiger partial charge < -0.3 is 9.47 Å². The number of fused-ring (bicyclic) bond motifs is 17. The molecule has 3 saturated carbocycles. The second-order valence-corrected chi connectivity index (χ2v) is 25.1. The van der Waals surface area contributed by atoms with Crippen LogP contribution in [-0.2, 0) is 16.2 Å². The van der Waals surface area contributed by atoms with Crippen LogP contribution in [0.1, 0.15) is 96.1 Å². The lowest BCUT2D eigenvalue weighted by molar-refractivity contribution is -0.0468. The summed E-state index contributed by atoms with van der Waals surface area (Å²) in [5, 5.41) is 2.49. The molecule has 0 aliphatic heterocycles. The lowest BCUT2D eigenvalue weighted by Gasteiger charge is -2.69. The standard InChI is InChI=1S/C80H62N2/c1-3-19-56(20-4-1)81(59-40-42-76-70(48-59)68-31-15-18-34-75(68)82(76)57-21-5-2-6-22-57)58-38-35-52(36-39-58)53-37-41-72-69(47-53)64-27-11-12-29-67(64)74-44-46-79(72)50-55-49-78(71-32-16-13-28-65(71)63-26-10-8-24-61(55)63)45-43-54-51-80(74,77(78)79)73-33-17-14-30-66(73)62-25-9-7-23-60(54)62/h1-42,47-48,54-55,74,77H,43-46,49-51H2. The van der Waals surface area contributed by atoms with Gasteiger partial charge in [0.2, 0.25) is 0 Å². The van der Waals surface area contributed by atoms with Crippen molar-refractivity contribution >= 4 is 38.9 Å². The topological polar surface area (TPSA) is 8.17 Å². The third kappa shape index (κ3) is 6.36. The Kier molecular flexibility index (Phi) is 9.98. The first-order valence-corrected chi connectivity index (χ1v) is 30.3. The molecule has 11 aromatic carbocycles. The number of benzene rings is 11. The van der Waals surface area contributed by atoms with Gasteiger partial charge in [-0.15, -0.1) is 0 Å². The SMILES string of the molecule is c1ccc(N(c2ccc(-c3ccc4c(c3)-c3ccccc3C3CCC45CC4CC6(CCC7CC3(c3ccccc3-c3ccccc37)C65)c3ccccc3-c3ccccc34)cc2)c2ccc3c(c2)c2ccccc2n3-c2ccccc2)cc1. The van der Waals surface area contributed by atoms with Crippen LogP contribution in [0.3, 0.4) is 0 Å². The van der Waals surface area contributed by atoms with Crippen LogP contribution in [0.25, 0.3) is 72.0 Å². The summed E-state index contributed by atoms with van der Waals surface area (Å²) in [5.74, 6) is 1.60. The Morgan fingerprint density at radius 2 is 0.866 bits per heavy atom. The number of hydrogen-bond donors (Lipinski definition) is 0. The minimum absolute atomic E-state index is 0.0580. The molecular formula is C80H62N2. The lowest BCUT2D eigenvalue weighted by Crippen LogP contribution is -2.65. The van der Waals surface area contributed by atoms with Crippen LogP contribution in [0.15, 0.2) is 267 Å². The Hall–Kier alpha value is -8.98. The fourth-order valence-electron chi connectivity index (χ4n) is 19.1. The maximum atomic E-state index is 2.68. The molecule has 6 aliphatic carbocycles. The fraction of sp³-hybridized carbons (Fsp3) is 0.175. The molecule has 82 heavy (non-hydrogen) atoms. The molecule has 2 heteroatoms. The zero-order chi connectivity index (χ0) is 53.7. The Morgan fingerprint density at radius 1 is 0.341 bits per heavy atom. The van der Waals surface area contributed by atoms with Crippen LogP contribution in [0.4, 0.5) is 17.1 Å². The number of anilines is 3. The highest BCUT2D eigenvalue weighted by Gasteiger charge is 2.72. The summed E-state index contributed by atoms with van der Waals surface area (Å²) in [6, 6.07) is 104. The summed E-state index contributed by atoms with van der Waals surface area (Å²) in [4.78, 5) is 2.43. The van der Waals surface area contributed by atoms with E-state index in [0.29, 0.717) is 23.7 Å². The molecule has 7 unspecified atom stereocenters. The molecule has 1 aromatic heterocycles. The van der Waals surface area contributed by atoms with Gasteiger partial charge in [0.1, 0.15) is 0 Å². The molecule has 6 aliphatic rings. The molecular weight excluding hydrogens is 989 g/mol. The van der Waals surface area contributed by atoms with Crippen LogP contribution in [-0.4, -0.2) is 4.57 Å². The van der Waals surface area contributed by atoms with Gasteiger partial charge in [-0.25, -0.2) is 0 Å². The minimum Gasteiger partial charge on any atom is -0.310 e. The summed E-state index contributed by atoms with van der Waals surface area (Å²) in [7, 11) is 0. The van der Waals surface area contributed by atoms with Crippen molar-refractivity contribution in [3.05, 3.63) is 300 Å². The Bertz CT molecular complexity index is 4550. The normalized spacial score (nSPS) is 23.9. The van der Waals surface area contributed by atoms with Gasteiger partial charge in [0.15, 0.2) is 0 Å². The van der Waals surface area contributed by atoms with Gasteiger partial charge in [0, 0.05) is 49.8 Å². The molecule has 3 fully saturated rings. The molecule has 0 radical (unpaired) electrons. The van der Waals surface area contributed by atoms with Crippen LogP contribution >= 0.6 is 0 Å². The number of nitrogens with zero attached hydrogens (tertiary/aromatic N) is 2. The van der Waals surface area contributed by atoms with E-state index in [1.54, 1.807) is 33.4 Å². The molecule has 2 nitrogen and oxygen atoms in total. The van der Waals surface area contributed by atoms with Crippen molar-refractivity contribution in [1.82, 2.24) is 4.57 Å². The van der Waals surface area contributed by atoms with Gasteiger partial charge in [-0.1, -0.05) is 200 Å². The van der Waals surface area contributed by atoms with Gasteiger partial charge in [0.05, 0.1) is 11.0 Å². The Morgan fingerprint density at radius 3 is 1.61 bits per heavy atom. The van der Waals surface area contributed by atoms with Crippen LogP contribution in [0.5, 0.6) is 0 Å². The molecule has 0 N–H and O–H groups in total. The smallest absolute Gasteiger partial charge is 0.0542 e. The largest absolute Gasteiger partial charge is 0.310 e. The first-order valence-electron chi connectivity index (χ1n) is 30.3. The molecule has 7 atom stereocenters. The van der Waals surface area contributed by atoms with Gasteiger partial charge in [-0.05, 0) is 213 Å². The number of rotatable bonds is 5. The lowest BCUT2D eigenvalue weighted by atomic mass is 9.34. The van der Waals surface area contributed by atoms with E-state index in [1.807, 2.05) is 0 Å². The van der Waals surface area contributed by atoms with E-state index >= 15 is 0 Å². The average molecular weight is 1050 g/mol. The molecule has 18 rings (SSSR count). The predicted octanol–water partition coefficient (Wildman–Crippen LogP) is 20.7. The van der Waals surface area contributed by atoms with Crippen molar-refractivity contribution in [3.63, 3.8) is 0 Å². The predicted molar refractivity (Wildman–Crippen MR) is 339 cm³/mol. The first-order chi connectivity index (χ1) is 40.6. The highest BCUT2D eigenvalue weighted by Crippen LogP contribution is 2.78. The minimum atomic E-state index is -0.125. The molecule has 392 valence electrons. The van der Waals surface area contributed by atoms with Gasteiger partial charge in [0.25, 0.3) is 0 Å². The van der Waals surface area contributed by atoms with E-state index in [4.69, 9.17) is 0 Å². The van der Waals surface area contributed by atoms with E-state index in [2.05, 4.69) is 276 Å². The Balaban J connectivity index is 0.833. The summed E-state index contributed by atoms with van der Waals surface area (Å²) < 4.78 is 2.40. The van der Waals surface area contributed by atoms with Gasteiger partial charge in [-0.3, -0.25) is 0 Å². The number of aromatic nitrogens is 1. The summed E-state index contributed by atoms with van der Waals surface area (Å²) in [5.41, 5.74) is 27.5. The van der Waals surface area contributed by atoms with E-state index in [9.17, 15) is 0 Å². The molecule has 0 saturated heterocycles. The summed E-state index contributed by atoms with van der Waals surface area (Å²) >= 11 is 0. The quantitative estimate of drug-likeness (QED) is 0.167. The van der Waals surface area contributed by atoms with E-state index in [1.165, 1.54) is 111 Å². The van der Waals surface area contributed by atoms with Crippen LogP contribution < -0.4 is 4.90 Å². The highest BCUT2D eigenvalue weighted by atomic mass is 15.1. The van der Waals surface area contributed by atoms with Gasteiger partial charge in [-0.2, -0.15) is 0 Å². The van der Waals surface area contributed by atoms with Crippen LogP contribution in [0, 0.1) is 5.92 Å². The zero-order valence-corrected chi connectivity index (χ0v) is 46.1. The number of hydrogen-bond acceptors (Lipinski definition) is 1. The van der Waals surface area contributed by atoms with Crippen molar-refractivity contribution < 1.29 is 0 Å². The third-order valence-corrected chi connectivity index (χ3v) is 21.7. The molecule has 0 amide bonds. The second kappa shape index (κ2) is 17.5. The van der Waals surface area contributed by atoms with Crippen LogP contribution in [0.2, 0.25) is 0 Å². The van der Waals surface area contributed by atoms with Crippen molar-refractivity contribution in [3.8, 4) is 50.2 Å². The summed E-state index contributed by atoms with van der Waals surface area (Å²) in [6.45, 7) is 0. The van der Waals surface area contributed by atoms with E-state index < -0.39 is 0 Å². The third-order valence-electron chi connectivity index (χ3n) is 21.7. The van der Waals surface area contributed by atoms with Crippen molar-refractivity contribution in [1.29, 1.82) is 0 Å². The highest BCUT2D eigenvalue weighted by molar-refractivity contribution is 6.10. The zero-order valence-electron chi connectivity index (χ0n) is 46.1. The number of para-hydroxylation sites is 3. The molecule has 6 bridgehead atoms. The molecule has 2 spiro atoms. The molecule has 12 aromatic rings. The maximum Gasteiger partial charge on any atom is 0.0542 e. The average Bonchev–Trinajstić information content (AvgIpc) is 1.25. The van der Waals surface area contributed by atoms with Gasteiger partial charge >= 0.3 is 0 Å². The first kappa shape index (κ1) is 46.7. The maximum absolute atomic E-state index is 2.68.